The summed E-state index contributed by atoms with van der Waals surface area (Å²) >= 11 is 0. The number of hydrogen-bond acceptors (Lipinski definition) is 3. The first-order valence-electron chi connectivity index (χ1n) is 6.70. The molecule has 1 aliphatic rings. The van der Waals surface area contributed by atoms with E-state index in [1.165, 1.54) is 25.9 Å². The van der Waals surface area contributed by atoms with Gasteiger partial charge in [-0.25, -0.2) is 0 Å². The van der Waals surface area contributed by atoms with Gasteiger partial charge in [0.2, 0.25) is 0 Å². The van der Waals surface area contributed by atoms with Gasteiger partial charge in [0.15, 0.2) is 0 Å². The monoisotopic (exact) mass is 228 g/mol. The fourth-order valence-electron chi connectivity index (χ4n) is 2.04. The molecule has 0 aromatic rings. The first-order chi connectivity index (χ1) is 7.59. The molecule has 3 nitrogen and oxygen atoms in total. The smallest absolute Gasteiger partial charge is 0.0791 e. The minimum absolute atomic E-state index is 0.211. The van der Waals surface area contributed by atoms with Crippen molar-refractivity contribution in [3.05, 3.63) is 0 Å². The second kappa shape index (κ2) is 7.25. The molecule has 0 aromatic heterocycles. The molecule has 1 heterocycles. The second-order valence-electron chi connectivity index (χ2n) is 5.54. The Labute approximate surface area is 100 Å². The van der Waals surface area contributed by atoms with Crippen LogP contribution >= 0.6 is 0 Å². The van der Waals surface area contributed by atoms with Gasteiger partial charge in [0.1, 0.15) is 0 Å². The number of rotatable bonds is 7. The number of nitrogens with one attached hydrogen (secondary N) is 1. The quantitative estimate of drug-likeness (QED) is 0.690. The van der Waals surface area contributed by atoms with Crippen molar-refractivity contribution in [2.24, 2.45) is 11.8 Å². The van der Waals surface area contributed by atoms with E-state index < -0.39 is 0 Å². The van der Waals surface area contributed by atoms with Gasteiger partial charge < -0.3 is 15.3 Å². The molecule has 0 bridgehead atoms. The molecule has 2 unspecified atom stereocenters. The summed E-state index contributed by atoms with van der Waals surface area (Å²) in [6.07, 6.45) is 2.38. The summed E-state index contributed by atoms with van der Waals surface area (Å²) in [5.41, 5.74) is 0. The summed E-state index contributed by atoms with van der Waals surface area (Å²) in [5.74, 6) is 1.39. The molecule has 1 saturated heterocycles. The number of nitrogens with zero attached hydrogens (tertiary/aromatic N) is 1. The van der Waals surface area contributed by atoms with Gasteiger partial charge in [-0.15, -0.1) is 0 Å². The maximum atomic E-state index is 9.86. The van der Waals surface area contributed by atoms with E-state index in [0.29, 0.717) is 11.8 Å². The van der Waals surface area contributed by atoms with Gasteiger partial charge >= 0.3 is 0 Å². The van der Waals surface area contributed by atoms with E-state index in [1.807, 2.05) is 0 Å². The lowest BCUT2D eigenvalue weighted by molar-refractivity contribution is 0.122. The second-order valence-corrected chi connectivity index (χ2v) is 5.54. The molecule has 1 fully saturated rings. The average Bonchev–Trinajstić information content (AvgIpc) is 2.70. The van der Waals surface area contributed by atoms with E-state index in [1.54, 1.807) is 0 Å². The lowest BCUT2D eigenvalue weighted by Crippen LogP contribution is -2.38. The lowest BCUT2D eigenvalue weighted by atomic mass is 9.98. The highest BCUT2D eigenvalue weighted by atomic mass is 16.3. The largest absolute Gasteiger partial charge is 0.390 e. The van der Waals surface area contributed by atoms with E-state index in [2.05, 4.69) is 31.0 Å². The highest BCUT2D eigenvalue weighted by molar-refractivity contribution is 4.72. The fourth-order valence-corrected chi connectivity index (χ4v) is 2.04. The van der Waals surface area contributed by atoms with Crippen molar-refractivity contribution in [2.75, 3.05) is 32.7 Å². The standard InChI is InChI=1S/C13H28N2O/c1-11(2)12(3)8-14-9-13(16)10-15-6-4-5-7-15/h11-14,16H,4-10H2,1-3H3. The van der Waals surface area contributed by atoms with Crippen LogP contribution in [0.2, 0.25) is 0 Å². The number of hydrogen-bond donors (Lipinski definition) is 2. The summed E-state index contributed by atoms with van der Waals surface area (Å²) in [7, 11) is 0. The third-order valence-electron chi connectivity index (χ3n) is 3.65. The Kier molecular flexibility index (Phi) is 6.32. The van der Waals surface area contributed by atoms with Crippen LogP contribution in [0.3, 0.4) is 0 Å². The van der Waals surface area contributed by atoms with Crippen molar-refractivity contribution in [3.8, 4) is 0 Å². The molecule has 0 spiro atoms. The minimum Gasteiger partial charge on any atom is -0.390 e. The molecule has 0 amide bonds. The van der Waals surface area contributed by atoms with Crippen LogP contribution in [0.1, 0.15) is 33.6 Å². The van der Waals surface area contributed by atoms with E-state index in [9.17, 15) is 5.11 Å². The van der Waals surface area contributed by atoms with Crippen molar-refractivity contribution in [3.63, 3.8) is 0 Å². The van der Waals surface area contributed by atoms with Gasteiger partial charge in [0.05, 0.1) is 6.10 Å². The predicted octanol–water partition coefficient (Wildman–Crippen LogP) is 1.32. The summed E-state index contributed by atoms with van der Waals surface area (Å²) in [4.78, 5) is 2.36. The van der Waals surface area contributed by atoms with Crippen LogP contribution in [-0.2, 0) is 0 Å². The van der Waals surface area contributed by atoms with E-state index in [0.717, 1.165) is 19.6 Å². The topological polar surface area (TPSA) is 35.5 Å². The van der Waals surface area contributed by atoms with Crippen molar-refractivity contribution in [2.45, 2.75) is 39.7 Å². The van der Waals surface area contributed by atoms with Crippen molar-refractivity contribution < 1.29 is 5.11 Å². The SMILES string of the molecule is CC(C)C(C)CNCC(O)CN1CCCC1. The third kappa shape index (κ3) is 5.28. The summed E-state index contributed by atoms with van der Waals surface area (Å²) in [6, 6.07) is 0. The zero-order valence-corrected chi connectivity index (χ0v) is 11.1. The Morgan fingerprint density at radius 3 is 2.31 bits per heavy atom. The minimum atomic E-state index is -0.211. The van der Waals surface area contributed by atoms with Crippen LogP contribution in [0.15, 0.2) is 0 Å². The molecule has 2 N–H and O–H groups in total. The van der Waals surface area contributed by atoms with E-state index >= 15 is 0 Å². The Bertz CT molecular complexity index is 179. The molecule has 0 radical (unpaired) electrons. The lowest BCUT2D eigenvalue weighted by Gasteiger charge is -2.21. The summed E-state index contributed by atoms with van der Waals surface area (Å²) < 4.78 is 0. The molecule has 0 aromatic carbocycles. The van der Waals surface area contributed by atoms with Gasteiger partial charge in [0.25, 0.3) is 0 Å². The van der Waals surface area contributed by atoms with E-state index in [-0.39, 0.29) is 6.10 Å². The average molecular weight is 228 g/mol. The van der Waals surface area contributed by atoms with E-state index in [4.69, 9.17) is 0 Å². The Morgan fingerprint density at radius 1 is 1.12 bits per heavy atom. The maximum absolute atomic E-state index is 9.86. The van der Waals surface area contributed by atoms with Gasteiger partial charge in [0, 0.05) is 13.1 Å². The Morgan fingerprint density at radius 2 is 1.75 bits per heavy atom. The zero-order chi connectivity index (χ0) is 12.0. The van der Waals surface area contributed by atoms with Crippen LogP contribution in [-0.4, -0.2) is 48.8 Å². The number of likely N-dealkylation sites (tertiary alicyclic amines) is 1. The third-order valence-corrected chi connectivity index (χ3v) is 3.65. The molecule has 16 heavy (non-hydrogen) atoms. The molecular formula is C13H28N2O. The molecule has 1 rings (SSSR count). The maximum Gasteiger partial charge on any atom is 0.0791 e. The Balaban J connectivity index is 2.03. The molecule has 1 aliphatic heterocycles. The molecule has 0 saturated carbocycles. The summed E-state index contributed by atoms with van der Waals surface area (Å²) in [6.45, 7) is 11.6. The molecular weight excluding hydrogens is 200 g/mol. The predicted molar refractivity (Wildman–Crippen MR) is 68.6 cm³/mol. The molecule has 3 heteroatoms. The zero-order valence-electron chi connectivity index (χ0n) is 11.1. The van der Waals surface area contributed by atoms with Crippen LogP contribution < -0.4 is 5.32 Å². The fraction of sp³-hybridized carbons (Fsp3) is 1.00. The molecule has 0 aliphatic carbocycles. The van der Waals surface area contributed by atoms with Gasteiger partial charge in [-0.1, -0.05) is 20.8 Å². The normalized spacial score (nSPS) is 21.6. The van der Waals surface area contributed by atoms with Crippen molar-refractivity contribution >= 4 is 0 Å². The first-order valence-corrected chi connectivity index (χ1v) is 6.70. The van der Waals surface area contributed by atoms with Gasteiger partial charge in [-0.3, -0.25) is 0 Å². The number of β-amino-alcohol motifs (C(OH)–C–C–N with tert-alkyl or cyclic N) is 1. The molecule has 2 atom stereocenters. The highest BCUT2D eigenvalue weighted by Crippen LogP contribution is 2.08. The van der Waals surface area contributed by atoms with Crippen molar-refractivity contribution in [1.82, 2.24) is 10.2 Å². The van der Waals surface area contributed by atoms with Crippen LogP contribution in [0.4, 0.5) is 0 Å². The summed E-state index contributed by atoms with van der Waals surface area (Å²) in [5, 5.41) is 13.2. The number of aliphatic hydroxyl groups is 1. The van der Waals surface area contributed by atoms with Crippen LogP contribution in [0.25, 0.3) is 0 Å². The highest BCUT2D eigenvalue weighted by Gasteiger charge is 2.15. The van der Waals surface area contributed by atoms with Crippen molar-refractivity contribution in [1.29, 1.82) is 0 Å². The van der Waals surface area contributed by atoms with Crippen LogP contribution in [0.5, 0.6) is 0 Å². The van der Waals surface area contributed by atoms with Gasteiger partial charge in [-0.05, 0) is 44.3 Å². The van der Waals surface area contributed by atoms with Crippen LogP contribution in [0, 0.1) is 11.8 Å². The molecule has 96 valence electrons. The Hall–Kier alpha value is -0.120. The number of aliphatic hydroxyl groups excluding tert-OH is 1. The first kappa shape index (κ1) is 13.9. The van der Waals surface area contributed by atoms with Gasteiger partial charge in [-0.2, -0.15) is 0 Å².